The molecular formula is C22H28Cl2N7O6PS. The number of rotatable bonds is 10. The number of para-hydroxylation sites is 1. The van der Waals surface area contributed by atoms with Crippen LogP contribution in [0.1, 0.15) is 27.0 Å². The summed E-state index contributed by atoms with van der Waals surface area (Å²) in [6.07, 6.45) is -2.65. The van der Waals surface area contributed by atoms with E-state index in [9.17, 15) is 9.90 Å². The van der Waals surface area contributed by atoms with Gasteiger partial charge >= 0.3 is 12.6 Å². The fourth-order valence-corrected chi connectivity index (χ4v) is 6.75. The number of halogens is 2. The zero-order valence-corrected chi connectivity index (χ0v) is 24.3. The fraction of sp³-hybridized carbons (Fsp3) is 0.455. The number of benzene rings is 1. The minimum Gasteiger partial charge on any atom is -0.462 e. The molecule has 0 radical (unpaired) electrons. The van der Waals surface area contributed by atoms with E-state index in [0.717, 1.165) is 0 Å². The van der Waals surface area contributed by atoms with Crippen LogP contribution in [0.5, 0.6) is 5.75 Å². The zero-order valence-electron chi connectivity index (χ0n) is 21.1. The number of hydrogen-bond donors (Lipinski definition) is 4. The normalized spacial score (nSPS) is 23.0. The molecule has 5 atom stereocenters. The number of alkyl halides is 2. The first-order valence-electron chi connectivity index (χ1n) is 11.7. The van der Waals surface area contributed by atoms with Crippen molar-refractivity contribution in [2.75, 3.05) is 18.1 Å². The Labute approximate surface area is 239 Å². The smallest absolute Gasteiger partial charge is 0.323 e. The second kappa shape index (κ2) is 11.7. The van der Waals surface area contributed by atoms with Crippen molar-refractivity contribution in [1.29, 1.82) is 0 Å². The molecule has 1 saturated heterocycles. The number of aromatic nitrogens is 4. The second-order valence-electron chi connectivity index (χ2n) is 8.97. The van der Waals surface area contributed by atoms with E-state index in [2.05, 4.69) is 20.0 Å². The highest BCUT2D eigenvalue weighted by Gasteiger charge is 2.56. The number of ether oxygens (including phenoxy) is 2. The minimum atomic E-state index is -3.42. The molecule has 1 aliphatic heterocycles. The molecule has 0 bridgehead atoms. The summed E-state index contributed by atoms with van der Waals surface area (Å²) < 4.78 is 22.8. The van der Waals surface area contributed by atoms with E-state index in [-0.39, 0.29) is 35.6 Å². The third-order valence-electron chi connectivity index (χ3n) is 5.53. The number of hydrogen-bond acceptors (Lipinski definition) is 12. The molecule has 0 spiro atoms. The van der Waals surface area contributed by atoms with Gasteiger partial charge in [0, 0.05) is 0 Å². The van der Waals surface area contributed by atoms with Crippen LogP contribution in [0.4, 0.5) is 11.8 Å². The van der Waals surface area contributed by atoms with Crippen LogP contribution in [-0.2, 0) is 30.6 Å². The Morgan fingerprint density at radius 2 is 1.97 bits per heavy atom. The van der Waals surface area contributed by atoms with Gasteiger partial charge < -0.3 is 35.1 Å². The lowest BCUT2D eigenvalue weighted by Gasteiger charge is -2.28. The van der Waals surface area contributed by atoms with Gasteiger partial charge in [0.05, 0.1) is 19.0 Å². The van der Waals surface area contributed by atoms with E-state index < -0.39 is 41.4 Å². The van der Waals surface area contributed by atoms with Crippen LogP contribution in [0.2, 0.25) is 0 Å². The SMILES string of the molecule is CC(C)OC(=O)[C@@H](C)NP(=S)(OC[C@H]1O[C@@H](n2cnc3c(N)nc(N)nc32)C(Cl)(Cl)[C@@H]1O)Oc1ccccc1. The molecular weight excluding hydrogens is 592 g/mol. The molecule has 3 aromatic rings. The number of nitrogens with zero attached hydrogens (tertiary/aromatic N) is 4. The molecule has 6 N–H and O–H groups in total. The van der Waals surface area contributed by atoms with E-state index >= 15 is 0 Å². The average Bonchev–Trinajstić information content (AvgIpc) is 3.36. The number of esters is 1. The molecule has 1 fully saturated rings. The van der Waals surface area contributed by atoms with E-state index in [4.69, 9.17) is 65.0 Å². The van der Waals surface area contributed by atoms with Crippen LogP contribution in [0.3, 0.4) is 0 Å². The first-order chi connectivity index (χ1) is 18.3. The number of nitrogens with one attached hydrogen (secondary N) is 1. The van der Waals surface area contributed by atoms with Gasteiger partial charge in [0.25, 0.3) is 0 Å². The summed E-state index contributed by atoms with van der Waals surface area (Å²) in [5, 5.41) is 13.9. The lowest BCUT2D eigenvalue weighted by atomic mass is 10.2. The van der Waals surface area contributed by atoms with Crippen LogP contribution in [0, 0.1) is 0 Å². The lowest BCUT2D eigenvalue weighted by molar-refractivity contribution is -0.149. The number of aliphatic hydroxyl groups is 1. The Bertz CT molecular complexity index is 1380. The van der Waals surface area contributed by atoms with Gasteiger partial charge in [0.15, 0.2) is 22.0 Å². The highest BCUT2D eigenvalue weighted by atomic mass is 35.5. The van der Waals surface area contributed by atoms with Crippen molar-refractivity contribution in [1.82, 2.24) is 24.6 Å². The van der Waals surface area contributed by atoms with E-state index in [1.165, 1.54) is 10.9 Å². The molecule has 1 unspecified atom stereocenters. The van der Waals surface area contributed by atoms with Crippen molar-refractivity contribution in [2.24, 2.45) is 0 Å². The Kier molecular flexibility index (Phi) is 8.89. The molecule has 3 heterocycles. The largest absolute Gasteiger partial charge is 0.462 e. The van der Waals surface area contributed by atoms with Crippen LogP contribution in [0.25, 0.3) is 11.2 Å². The van der Waals surface area contributed by atoms with Crippen molar-refractivity contribution in [2.45, 2.75) is 55.7 Å². The predicted molar refractivity (Wildman–Crippen MR) is 150 cm³/mol. The minimum absolute atomic E-state index is 0.0550. The Morgan fingerprint density at radius 3 is 2.64 bits per heavy atom. The summed E-state index contributed by atoms with van der Waals surface area (Å²) >= 11 is 18.8. The van der Waals surface area contributed by atoms with E-state index in [1.54, 1.807) is 45.0 Å². The highest BCUT2D eigenvalue weighted by molar-refractivity contribution is 8.09. The molecule has 39 heavy (non-hydrogen) atoms. The highest BCUT2D eigenvalue weighted by Crippen LogP contribution is 2.50. The third-order valence-corrected chi connectivity index (χ3v) is 8.85. The number of aliphatic hydroxyl groups excluding tert-OH is 1. The van der Waals surface area contributed by atoms with Crippen molar-refractivity contribution in [3.8, 4) is 5.75 Å². The number of nitrogens with two attached hydrogens (primary N) is 2. The fourth-order valence-electron chi connectivity index (χ4n) is 3.74. The van der Waals surface area contributed by atoms with Gasteiger partial charge in [-0.3, -0.25) is 9.36 Å². The molecule has 17 heteroatoms. The van der Waals surface area contributed by atoms with Crippen molar-refractivity contribution in [3.05, 3.63) is 36.7 Å². The van der Waals surface area contributed by atoms with E-state index in [1.807, 2.05) is 6.07 Å². The van der Waals surface area contributed by atoms with Gasteiger partial charge in [-0.25, -0.2) is 10.1 Å². The van der Waals surface area contributed by atoms with Gasteiger partial charge in [-0.15, -0.1) is 0 Å². The van der Waals surface area contributed by atoms with Gasteiger partial charge in [-0.05, 0) is 44.7 Å². The molecule has 0 amide bonds. The molecule has 13 nitrogen and oxygen atoms in total. The number of carbonyl (C=O) groups is 1. The first kappa shape index (κ1) is 29.7. The summed E-state index contributed by atoms with van der Waals surface area (Å²) in [6, 6.07) is 7.83. The Hall–Kier alpha value is -2.29. The number of imidazole rings is 1. The van der Waals surface area contributed by atoms with Crippen LogP contribution < -0.4 is 21.1 Å². The lowest BCUT2D eigenvalue weighted by Crippen LogP contribution is -2.39. The molecule has 0 aliphatic carbocycles. The molecule has 0 saturated carbocycles. The summed E-state index contributed by atoms with van der Waals surface area (Å²) in [4.78, 5) is 24.7. The first-order valence-corrected chi connectivity index (χ1v) is 15.1. The number of anilines is 2. The summed E-state index contributed by atoms with van der Waals surface area (Å²) in [6.45, 7) is 1.33. The Morgan fingerprint density at radius 1 is 1.28 bits per heavy atom. The van der Waals surface area contributed by atoms with Crippen molar-refractivity contribution >= 4 is 70.6 Å². The summed E-state index contributed by atoms with van der Waals surface area (Å²) in [5.41, 5.74) is 12.1. The number of fused-ring (bicyclic) bond motifs is 1. The van der Waals surface area contributed by atoms with Crippen molar-refractivity contribution in [3.63, 3.8) is 0 Å². The van der Waals surface area contributed by atoms with Gasteiger partial charge in [-0.1, -0.05) is 41.4 Å². The maximum absolute atomic E-state index is 12.4. The van der Waals surface area contributed by atoms with Gasteiger partial charge in [0.1, 0.15) is 29.5 Å². The molecule has 4 rings (SSSR count). The second-order valence-corrected chi connectivity index (χ2v) is 13.6. The number of nitrogen functional groups attached to an aromatic ring is 2. The van der Waals surface area contributed by atoms with Crippen LogP contribution >= 0.6 is 29.8 Å². The topological polar surface area (TPSA) is 182 Å². The molecule has 1 aromatic carbocycles. The van der Waals surface area contributed by atoms with Gasteiger partial charge in [-0.2, -0.15) is 9.97 Å². The van der Waals surface area contributed by atoms with Crippen molar-refractivity contribution < 1.29 is 28.4 Å². The monoisotopic (exact) mass is 619 g/mol. The van der Waals surface area contributed by atoms with E-state index in [0.29, 0.717) is 5.75 Å². The van der Waals surface area contributed by atoms with Crippen LogP contribution in [-0.4, -0.2) is 65.9 Å². The maximum Gasteiger partial charge on any atom is 0.323 e. The zero-order chi connectivity index (χ0) is 28.5. The Balaban J connectivity index is 1.55. The molecule has 212 valence electrons. The summed E-state index contributed by atoms with van der Waals surface area (Å²) in [7, 11) is 0. The standard InChI is InChI=1S/C22H28Cl2N7O6PS/c1-11(2)35-19(33)12(3)30-38(39,37-13-7-5-4-6-8-13)34-9-14-16(32)22(23,24)20(36-14)31-10-27-15-17(25)28-21(26)29-18(15)31/h4-8,10-12,14,16,20,32H,9H2,1-3H3,(H,30,39)(H4,25,26,28,29)/t12-,14-,16-,20-,38?/m1/s1. The van der Waals surface area contributed by atoms with Crippen LogP contribution in [0.15, 0.2) is 36.7 Å². The maximum atomic E-state index is 12.4. The number of carbonyl (C=O) groups excluding carboxylic acids is 1. The third kappa shape index (κ3) is 6.55. The quantitative estimate of drug-likeness (QED) is 0.148. The van der Waals surface area contributed by atoms with Gasteiger partial charge in [0.2, 0.25) is 5.95 Å². The summed E-state index contributed by atoms with van der Waals surface area (Å²) in [5.74, 6) is -0.165. The molecule has 1 aliphatic rings. The molecule has 2 aromatic heterocycles. The predicted octanol–water partition coefficient (Wildman–Crippen LogP) is 2.67. The average molecular weight is 620 g/mol.